The monoisotopic (exact) mass is 754 g/mol. The molecule has 0 aliphatic heterocycles. The van der Waals surface area contributed by atoms with Gasteiger partial charge in [0, 0.05) is 28.0 Å². The summed E-state index contributed by atoms with van der Waals surface area (Å²) >= 11 is 2.28. The summed E-state index contributed by atoms with van der Waals surface area (Å²) in [6.45, 7) is -0.194. The Kier molecular flexibility index (Phi) is 11.6. The van der Waals surface area contributed by atoms with Crippen LogP contribution in [0.1, 0.15) is 12.8 Å². The van der Waals surface area contributed by atoms with E-state index in [0.29, 0.717) is 45.5 Å². The van der Waals surface area contributed by atoms with Crippen molar-refractivity contribution >= 4 is 87.6 Å². The molecule has 12 nitrogen and oxygen atoms in total. The van der Waals surface area contributed by atoms with E-state index in [1.165, 1.54) is 6.07 Å². The van der Waals surface area contributed by atoms with Crippen molar-refractivity contribution < 1.29 is 46.1 Å². The molecule has 6 rings (SSSR count). The number of ether oxygens (including phenoxy) is 2. The molecular weight excluding hydrogens is 725 g/mol. The van der Waals surface area contributed by atoms with Gasteiger partial charge in [0.15, 0.2) is 6.61 Å². The minimum atomic E-state index is -3.67. The van der Waals surface area contributed by atoms with Gasteiger partial charge in [-0.3, -0.25) is 14.2 Å². The second kappa shape index (κ2) is 16.0. The molecule has 6 aromatic rings. The van der Waals surface area contributed by atoms with Crippen LogP contribution in [0, 0.1) is 0 Å². The molecule has 50 heavy (non-hydrogen) atoms. The highest BCUT2D eigenvalue weighted by molar-refractivity contribution is 7.95. The van der Waals surface area contributed by atoms with E-state index in [1.807, 2.05) is 24.3 Å². The van der Waals surface area contributed by atoms with Gasteiger partial charge in [-0.1, -0.05) is 60.7 Å². The summed E-state index contributed by atoms with van der Waals surface area (Å²) in [4.78, 5) is 21.3. The highest BCUT2D eigenvalue weighted by atomic mass is 32.3. The maximum atomic E-state index is 12.5. The van der Waals surface area contributed by atoms with Crippen molar-refractivity contribution in [2.24, 2.45) is 0 Å². The minimum absolute atomic E-state index is 0.0383. The van der Waals surface area contributed by atoms with Crippen LogP contribution in [-0.2, 0) is 29.6 Å². The standard InChI is InChI=1S/C18H17NO5S2.C16H13NO5S2/c20-17(21)7-3-11-24-16-10-9-15(13-5-1-2-6-14(13)16)19-26(22,23)18-8-4-12-25-18;18-15(19)10-22-14-8-7-13(11-4-1-2-5-12(11)14)17-24(20,21)16-6-3-9-23-16/h1-2,4-6,8-10,12,19H,3,7,11H2,(H,20,21);1-9,17H,10H2,(H,18,19). The second-order valence-corrected chi connectivity index (χ2v) is 16.1. The van der Waals surface area contributed by atoms with Crippen LogP contribution in [0.3, 0.4) is 0 Å². The van der Waals surface area contributed by atoms with Crippen LogP contribution in [0.4, 0.5) is 11.4 Å². The number of fused-ring (bicyclic) bond motifs is 2. The van der Waals surface area contributed by atoms with Gasteiger partial charge in [-0.05, 0) is 53.6 Å². The Morgan fingerprint density at radius 1 is 0.580 bits per heavy atom. The highest BCUT2D eigenvalue weighted by Gasteiger charge is 2.19. The molecule has 0 amide bonds. The fraction of sp³-hybridized carbons (Fsp3) is 0.118. The third-order valence-electron chi connectivity index (χ3n) is 6.92. The zero-order chi connectivity index (χ0) is 35.7. The number of carbonyl (C=O) groups is 2. The lowest BCUT2D eigenvalue weighted by molar-refractivity contribution is -0.139. The Labute approximate surface area is 295 Å². The van der Waals surface area contributed by atoms with Gasteiger partial charge < -0.3 is 19.7 Å². The van der Waals surface area contributed by atoms with Crippen LogP contribution >= 0.6 is 22.7 Å². The van der Waals surface area contributed by atoms with Crippen molar-refractivity contribution in [2.45, 2.75) is 21.3 Å². The molecule has 0 saturated heterocycles. The van der Waals surface area contributed by atoms with Crippen LogP contribution in [-0.4, -0.2) is 52.2 Å². The average molecular weight is 755 g/mol. The third kappa shape index (κ3) is 9.09. The molecule has 0 unspecified atom stereocenters. The molecule has 0 saturated carbocycles. The Bertz CT molecular complexity index is 2330. The summed E-state index contributed by atoms with van der Waals surface area (Å²) in [5, 5.41) is 23.6. The zero-order valence-corrected chi connectivity index (χ0v) is 29.3. The van der Waals surface area contributed by atoms with Gasteiger partial charge in [0.05, 0.1) is 18.0 Å². The van der Waals surface area contributed by atoms with Gasteiger partial charge in [0.1, 0.15) is 19.9 Å². The molecule has 260 valence electrons. The maximum absolute atomic E-state index is 12.5. The van der Waals surface area contributed by atoms with Crippen LogP contribution in [0.5, 0.6) is 11.5 Å². The highest BCUT2D eigenvalue weighted by Crippen LogP contribution is 2.35. The van der Waals surface area contributed by atoms with E-state index in [9.17, 15) is 26.4 Å². The number of hydrogen-bond acceptors (Lipinski definition) is 10. The lowest BCUT2D eigenvalue weighted by Crippen LogP contribution is -2.12. The van der Waals surface area contributed by atoms with Crippen molar-refractivity contribution in [2.75, 3.05) is 22.7 Å². The van der Waals surface area contributed by atoms with Crippen LogP contribution in [0.25, 0.3) is 21.5 Å². The predicted molar refractivity (Wildman–Crippen MR) is 194 cm³/mol. The molecule has 4 aromatic carbocycles. The summed E-state index contributed by atoms with van der Waals surface area (Å²) in [5.74, 6) is -0.976. The van der Waals surface area contributed by atoms with E-state index in [1.54, 1.807) is 77.5 Å². The van der Waals surface area contributed by atoms with Crippen LogP contribution in [0.2, 0.25) is 0 Å². The van der Waals surface area contributed by atoms with E-state index in [2.05, 4.69) is 9.44 Å². The average Bonchev–Trinajstić information content (AvgIpc) is 3.84. The third-order valence-corrected chi connectivity index (χ3v) is 12.4. The lowest BCUT2D eigenvalue weighted by Gasteiger charge is -2.13. The Morgan fingerprint density at radius 3 is 1.46 bits per heavy atom. The quantitative estimate of drug-likeness (QED) is 0.0836. The predicted octanol–water partition coefficient (Wildman–Crippen LogP) is 7.11. The Hall–Kier alpha value is -5.16. The summed E-state index contributed by atoms with van der Waals surface area (Å²) in [7, 11) is -7.31. The normalized spacial score (nSPS) is 11.4. The summed E-state index contributed by atoms with van der Waals surface area (Å²) in [5.41, 5.74) is 0.869. The van der Waals surface area contributed by atoms with Gasteiger partial charge >= 0.3 is 11.9 Å². The number of aliphatic carboxylic acids is 2. The molecule has 0 spiro atoms. The first-order valence-corrected chi connectivity index (χ1v) is 19.5. The van der Waals surface area contributed by atoms with Gasteiger partial charge in [-0.2, -0.15) is 0 Å². The van der Waals surface area contributed by atoms with Crippen LogP contribution < -0.4 is 18.9 Å². The molecule has 16 heteroatoms. The molecule has 0 fully saturated rings. The Balaban J connectivity index is 0.000000195. The molecular formula is C34H30N2O10S4. The smallest absolute Gasteiger partial charge is 0.341 e. The molecule has 0 aliphatic rings. The number of benzene rings is 4. The first kappa shape index (κ1) is 36.1. The largest absolute Gasteiger partial charge is 0.493 e. The number of carboxylic acid groups (broad SMARTS) is 2. The van der Waals surface area contributed by atoms with Crippen molar-refractivity contribution in [3.63, 3.8) is 0 Å². The van der Waals surface area contributed by atoms with E-state index in [-0.39, 0.29) is 21.4 Å². The maximum Gasteiger partial charge on any atom is 0.341 e. The van der Waals surface area contributed by atoms with Gasteiger partial charge in [0.25, 0.3) is 20.0 Å². The number of nitrogens with one attached hydrogen (secondary N) is 2. The van der Waals surface area contributed by atoms with Crippen LogP contribution in [0.15, 0.2) is 116 Å². The van der Waals surface area contributed by atoms with E-state index in [0.717, 1.165) is 28.1 Å². The first-order chi connectivity index (χ1) is 23.9. The fourth-order valence-electron chi connectivity index (χ4n) is 4.74. The van der Waals surface area contributed by atoms with Gasteiger partial charge in [0.2, 0.25) is 0 Å². The fourth-order valence-corrected chi connectivity index (χ4v) is 8.89. The number of rotatable bonds is 14. The summed E-state index contributed by atoms with van der Waals surface area (Å²) in [6, 6.07) is 27.2. The topological polar surface area (TPSA) is 185 Å². The molecule has 2 aromatic heterocycles. The number of sulfonamides is 2. The molecule has 0 atom stereocenters. The molecule has 2 heterocycles. The van der Waals surface area contributed by atoms with Gasteiger partial charge in [-0.15, -0.1) is 22.7 Å². The lowest BCUT2D eigenvalue weighted by atomic mass is 10.1. The SMILES string of the molecule is O=C(O)CCCOc1ccc(NS(=O)(=O)c2cccs2)c2ccccc12.O=C(O)COc1ccc(NS(=O)(=O)c2cccs2)c2ccccc12. The summed E-state index contributed by atoms with van der Waals surface area (Å²) in [6.07, 6.45) is 0.438. The van der Waals surface area contributed by atoms with Crippen molar-refractivity contribution in [1.82, 2.24) is 0 Å². The van der Waals surface area contributed by atoms with Crippen molar-refractivity contribution in [3.05, 3.63) is 108 Å². The number of thiophene rings is 2. The molecule has 0 radical (unpaired) electrons. The van der Waals surface area contributed by atoms with E-state index >= 15 is 0 Å². The van der Waals surface area contributed by atoms with Crippen molar-refractivity contribution in [3.8, 4) is 11.5 Å². The molecule has 4 N–H and O–H groups in total. The van der Waals surface area contributed by atoms with Gasteiger partial charge in [-0.25, -0.2) is 21.6 Å². The number of carboxylic acids is 2. The molecule has 0 bridgehead atoms. The molecule has 0 aliphatic carbocycles. The summed E-state index contributed by atoms with van der Waals surface area (Å²) < 4.78 is 66.4. The van der Waals surface area contributed by atoms with E-state index in [4.69, 9.17) is 19.7 Å². The minimum Gasteiger partial charge on any atom is -0.493 e. The Morgan fingerprint density at radius 2 is 1.04 bits per heavy atom. The first-order valence-electron chi connectivity index (χ1n) is 14.8. The second-order valence-electron chi connectivity index (χ2n) is 10.4. The van der Waals surface area contributed by atoms with Crippen molar-refractivity contribution in [1.29, 1.82) is 0 Å². The van der Waals surface area contributed by atoms with E-state index < -0.39 is 38.6 Å². The number of anilines is 2. The zero-order valence-electron chi connectivity index (χ0n) is 26.0. The number of hydrogen-bond donors (Lipinski definition) is 4.